The molecule has 2 amide bonds. The van der Waals surface area contributed by atoms with Crippen molar-refractivity contribution in [3.63, 3.8) is 0 Å². The van der Waals surface area contributed by atoms with Crippen LogP contribution < -0.4 is 10.2 Å². The Hall–Kier alpha value is -3.54. The molecule has 1 aromatic heterocycles. The summed E-state index contributed by atoms with van der Waals surface area (Å²) in [6.45, 7) is 2.59. The van der Waals surface area contributed by atoms with Crippen LogP contribution in [0.3, 0.4) is 0 Å². The van der Waals surface area contributed by atoms with Gasteiger partial charge in [-0.2, -0.15) is 0 Å². The molecule has 1 aliphatic rings. The largest absolute Gasteiger partial charge is 0.459 e. The zero-order valence-electron chi connectivity index (χ0n) is 21.6. The fraction of sp³-hybridized carbons (Fsp3) is 0.400. The Labute approximate surface area is 214 Å². The number of nitrogens with zero attached hydrogens (tertiary/aromatic N) is 2. The predicted octanol–water partition coefficient (Wildman–Crippen LogP) is 6.45. The van der Waals surface area contributed by atoms with Crippen LogP contribution >= 0.6 is 0 Å². The van der Waals surface area contributed by atoms with Gasteiger partial charge in [-0.3, -0.25) is 9.59 Å². The van der Waals surface area contributed by atoms with Crippen LogP contribution in [0.5, 0.6) is 0 Å². The van der Waals surface area contributed by atoms with Crippen LogP contribution in [0, 0.1) is 0 Å². The third kappa shape index (κ3) is 5.99. The highest BCUT2D eigenvalue weighted by Gasteiger charge is 2.31. The summed E-state index contributed by atoms with van der Waals surface area (Å²) < 4.78 is 5.24. The summed E-state index contributed by atoms with van der Waals surface area (Å²) in [6, 6.07) is 19.6. The fourth-order valence-corrected chi connectivity index (χ4v) is 5.23. The molecule has 0 saturated heterocycles. The quantitative estimate of drug-likeness (QED) is 0.376. The lowest BCUT2D eigenvalue weighted by Crippen LogP contribution is -2.43. The summed E-state index contributed by atoms with van der Waals surface area (Å²) in [5.74, 6) is -0.0112. The summed E-state index contributed by atoms with van der Waals surface area (Å²) in [6.07, 6.45) is 7.83. The van der Waals surface area contributed by atoms with Gasteiger partial charge in [0.1, 0.15) is 0 Å². The van der Waals surface area contributed by atoms with E-state index in [0.29, 0.717) is 12.2 Å². The van der Waals surface area contributed by atoms with Gasteiger partial charge in [0.2, 0.25) is 5.91 Å². The molecule has 1 saturated carbocycles. The summed E-state index contributed by atoms with van der Waals surface area (Å²) in [5, 5.41) is 2.94. The SMILES string of the molecule is CCC(C(=O)N(Cc1cc(NC(=O)c2ccco2)ccc1N(C)C)C1CCCCC1)c1ccccc1. The fourth-order valence-electron chi connectivity index (χ4n) is 5.23. The van der Waals surface area contributed by atoms with Crippen molar-refractivity contribution in [2.75, 3.05) is 24.3 Å². The molecule has 3 aromatic rings. The molecule has 36 heavy (non-hydrogen) atoms. The molecule has 4 rings (SSSR count). The van der Waals surface area contributed by atoms with Crippen LogP contribution in [0.1, 0.15) is 73.0 Å². The Morgan fingerprint density at radius 1 is 1.00 bits per heavy atom. The Bertz CT molecular complexity index is 1140. The molecule has 1 N–H and O–H groups in total. The van der Waals surface area contributed by atoms with Crippen LogP contribution in [-0.2, 0) is 11.3 Å². The van der Waals surface area contributed by atoms with Gasteiger partial charge in [-0.25, -0.2) is 0 Å². The van der Waals surface area contributed by atoms with Gasteiger partial charge in [-0.1, -0.05) is 56.5 Å². The van der Waals surface area contributed by atoms with Crippen molar-refractivity contribution in [3.8, 4) is 0 Å². The third-order valence-corrected chi connectivity index (χ3v) is 7.11. The van der Waals surface area contributed by atoms with Gasteiger partial charge in [0, 0.05) is 38.1 Å². The van der Waals surface area contributed by atoms with Crippen molar-refractivity contribution in [1.82, 2.24) is 4.90 Å². The van der Waals surface area contributed by atoms with Crippen molar-refractivity contribution in [2.24, 2.45) is 0 Å². The number of furan rings is 1. The maximum Gasteiger partial charge on any atom is 0.291 e. The van der Waals surface area contributed by atoms with Crippen molar-refractivity contribution in [3.05, 3.63) is 83.8 Å². The summed E-state index contributed by atoms with van der Waals surface area (Å²) in [4.78, 5) is 30.9. The molecule has 0 radical (unpaired) electrons. The summed E-state index contributed by atoms with van der Waals surface area (Å²) in [7, 11) is 4.01. The Morgan fingerprint density at radius 2 is 1.75 bits per heavy atom. The molecule has 0 aliphatic heterocycles. The van der Waals surface area contributed by atoms with Gasteiger partial charge in [0.25, 0.3) is 5.91 Å². The highest BCUT2D eigenvalue weighted by molar-refractivity contribution is 6.02. The van der Waals surface area contributed by atoms with Crippen LogP contribution in [0.15, 0.2) is 71.3 Å². The molecule has 1 heterocycles. The zero-order chi connectivity index (χ0) is 25.5. The maximum absolute atomic E-state index is 14.1. The number of carbonyl (C=O) groups is 2. The van der Waals surface area contributed by atoms with Crippen LogP contribution in [0.2, 0.25) is 0 Å². The molecule has 1 aliphatic carbocycles. The first-order chi connectivity index (χ1) is 17.5. The number of carbonyl (C=O) groups excluding carboxylic acids is 2. The second-order valence-electron chi connectivity index (χ2n) is 9.80. The first-order valence-electron chi connectivity index (χ1n) is 13.0. The van der Waals surface area contributed by atoms with Crippen LogP contribution in [-0.4, -0.2) is 36.9 Å². The van der Waals surface area contributed by atoms with E-state index in [9.17, 15) is 9.59 Å². The molecule has 190 valence electrons. The minimum atomic E-state index is -0.293. The molecule has 0 spiro atoms. The highest BCUT2D eigenvalue weighted by Crippen LogP contribution is 2.32. The average Bonchev–Trinajstić information content (AvgIpc) is 3.44. The van der Waals surface area contributed by atoms with Gasteiger partial charge in [-0.05, 0) is 60.7 Å². The smallest absolute Gasteiger partial charge is 0.291 e. The lowest BCUT2D eigenvalue weighted by atomic mass is 9.90. The van der Waals surface area contributed by atoms with Gasteiger partial charge < -0.3 is 19.5 Å². The number of rotatable bonds is 9. The molecular weight excluding hydrogens is 450 g/mol. The minimum absolute atomic E-state index is 0.169. The van der Waals surface area contributed by atoms with E-state index in [1.807, 2.05) is 50.5 Å². The Kier molecular flexibility index (Phi) is 8.47. The van der Waals surface area contributed by atoms with Crippen LogP contribution in [0.4, 0.5) is 11.4 Å². The summed E-state index contributed by atoms with van der Waals surface area (Å²) in [5.41, 5.74) is 3.80. The molecule has 1 fully saturated rings. The number of amides is 2. The van der Waals surface area contributed by atoms with Gasteiger partial charge in [0.05, 0.1) is 12.2 Å². The second kappa shape index (κ2) is 11.9. The molecule has 1 atom stereocenters. The van der Waals surface area contributed by atoms with Crippen molar-refractivity contribution in [1.29, 1.82) is 0 Å². The summed E-state index contributed by atoms with van der Waals surface area (Å²) >= 11 is 0. The van der Waals surface area contributed by atoms with Gasteiger partial charge >= 0.3 is 0 Å². The molecule has 1 unspecified atom stereocenters. The Balaban J connectivity index is 1.66. The molecular formula is C30H37N3O3. The van der Waals surface area contributed by atoms with Gasteiger partial charge in [-0.15, -0.1) is 0 Å². The molecule has 2 aromatic carbocycles. The normalized spacial score (nSPS) is 14.8. The van der Waals surface area contributed by atoms with E-state index in [1.54, 1.807) is 12.1 Å². The first-order valence-corrected chi connectivity index (χ1v) is 13.0. The van der Waals surface area contributed by atoms with E-state index in [0.717, 1.165) is 48.9 Å². The second-order valence-corrected chi connectivity index (χ2v) is 9.80. The van der Waals surface area contributed by atoms with E-state index in [4.69, 9.17) is 4.42 Å². The number of hydrogen-bond acceptors (Lipinski definition) is 4. The van der Waals surface area contributed by atoms with Gasteiger partial charge in [0.15, 0.2) is 5.76 Å². The zero-order valence-corrected chi connectivity index (χ0v) is 21.6. The molecule has 6 nitrogen and oxygen atoms in total. The first kappa shape index (κ1) is 25.5. The topological polar surface area (TPSA) is 65.8 Å². The predicted molar refractivity (Wildman–Crippen MR) is 144 cm³/mol. The standard InChI is InChI=1S/C30H37N3O3/c1-4-26(22-12-7-5-8-13-22)30(35)33(25-14-9-6-10-15-25)21-23-20-24(17-18-27(23)32(2)3)31-29(34)28-16-11-19-36-28/h5,7-8,11-13,16-20,25-26H,4,6,9-10,14-15,21H2,1-3H3,(H,31,34). The Morgan fingerprint density at radius 3 is 2.39 bits per heavy atom. The molecule has 0 bridgehead atoms. The monoisotopic (exact) mass is 487 g/mol. The van der Waals surface area contributed by atoms with E-state index in [-0.39, 0.29) is 29.5 Å². The van der Waals surface area contributed by atoms with E-state index >= 15 is 0 Å². The van der Waals surface area contributed by atoms with Crippen molar-refractivity contribution >= 4 is 23.2 Å². The number of nitrogens with one attached hydrogen (secondary N) is 1. The maximum atomic E-state index is 14.1. The van der Waals surface area contributed by atoms with Crippen molar-refractivity contribution < 1.29 is 14.0 Å². The highest BCUT2D eigenvalue weighted by atomic mass is 16.3. The van der Waals surface area contributed by atoms with Crippen LogP contribution in [0.25, 0.3) is 0 Å². The van der Waals surface area contributed by atoms with Crippen molar-refractivity contribution in [2.45, 2.75) is 64.0 Å². The number of anilines is 2. The minimum Gasteiger partial charge on any atom is -0.459 e. The third-order valence-electron chi connectivity index (χ3n) is 7.11. The lowest BCUT2D eigenvalue weighted by molar-refractivity contribution is -0.136. The average molecular weight is 488 g/mol. The number of benzene rings is 2. The van der Waals surface area contributed by atoms with E-state index in [1.165, 1.54) is 12.7 Å². The molecule has 6 heteroatoms. The number of hydrogen-bond donors (Lipinski definition) is 1. The lowest BCUT2D eigenvalue weighted by Gasteiger charge is -2.37. The van der Waals surface area contributed by atoms with E-state index < -0.39 is 0 Å². The van der Waals surface area contributed by atoms with E-state index in [2.05, 4.69) is 34.2 Å².